The average Bonchev–Trinajstić information content (AvgIpc) is 3.26. The molecule has 5 rings (SSSR count). The van der Waals surface area contributed by atoms with E-state index >= 15 is 0 Å². The molecule has 0 saturated carbocycles. The lowest BCUT2D eigenvalue weighted by atomic mass is 10.0. The van der Waals surface area contributed by atoms with E-state index in [-0.39, 0.29) is 5.91 Å². The Morgan fingerprint density at radius 3 is 2.44 bits per heavy atom. The Balaban J connectivity index is 1.43. The van der Waals surface area contributed by atoms with Crippen molar-refractivity contribution in [1.82, 2.24) is 9.88 Å². The maximum Gasteiger partial charge on any atom is 0.254 e. The molecule has 2 aromatic heterocycles. The lowest BCUT2D eigenvalue weighted by Crippen LogP contribution is -2.49. The summed E-state index contributed by atoms with van der Waals surface area (Å²) in [5.74, 6) is 1.56. The van der Waals surface area contributed by atoms with Gasteiger partial charge in [0.2, 0.25) is 0 Å². The minimum absolute atomic E-state index is 0.0498. The number of furan rings is 1. The zero-order valence-corrected chi connectivity index (χ0v) is 18.8. The number of piperazine rings is 1. The summed E-state index contributed by atoms with van der Waals surface area (Å²) in [5.41, 5.74) is 6.04. The number of pyridine rings is 1. The number of amides is 1. The van der Waals surface area contributed by atoms with Crippen molar-refractivity contribution in [3.63, 3.8) is 0 Å². The van der Waals surface area contributed by atoms with Crippen LogP contribution in [0.4, 0.5) is 5.69 Å². The highest BCUT2D eigenvalue weighted by Crippen LogP contribution is 2.28. The van der Waals surface area contributed by atoms with Crippen LogP contribution in [-0.2, 0) is 0 Å². The Kier molecular flexibility index (Phi) is 5.17. The van der Waals surface area contributed by atoms with E-state index in [4.69, 9.17) is 9.40 Å². The number of hydrogen-bond donors (Lipinski definition) is 0. The van der Waals surface area contributed by atoms with E-state index in [1.54, 1.807) is 0 Å². The number of aryl methyl sites for hydroxylation is 2. The molecule has 3 heterocycles. The monoisotopic (exact) mass is 425 g/mol. The molecule has 32 heavy (non-hydrogen) atoms. The number of hydrogen-bond acceptors (Lipinski definition) is 4. The molecule has 1 aliphatic heterocycles. The van der Waals surface area contributed by atoms with Gasteiger partial charge < -0.3 is 14.2 Å². The van der Waals surface area contributed by atoms with Gasteiger partial charge in [0.15, 0.2) is 5.76 Å². The SMILES string of the molecule is Cc1ccc(-c2cc(C(=O)N3CCN(c4cccc(C)c4C)CC3)c3ccccc3n2)o1. The smallest absolute Gasteiger partial charge is 0.254 e. The molecule has 0 atom stereocenters. The van der Waals surface area contributed by atoms with Crippen molar-refractivity contribution >= 4 is 22.5 Å². The Morgan fingerprint density at radius 2 is 1.69 bits per heavy atom. The summed E-state index contributed by atoms with van der Waals surface area (Å²) >= 11 is 0. The molecule has 4 aromatic rings. The van der Waals surface area contributed by atoms with Gasteiger partial charge in [-0.1, -0.05) is 30.3 Å². The molecule has 162 valence electrons. The Hall–Kier alpha value is -3.60. The van der Waals surface area contributed by atoms with Gasteiger partial charge in [-0.2, -0.15) is 0 Å². The van der Waals surface area contributed by atoms with E-state index in [0.29, 0.717) is 30.1 Å². The summed E-state index contributed by atoms with van der Waals surface area (Å²) in [5, 5.41) is 0.876. The molecule has 5 nitrogen and oxygen atoms in total. The van der Waals surface area contributed by atoms with Crippen molar-refractivity contribution in [1.29, 1.82) is 0 Å². The highest BCUT2D eigenvalue weighted by molar-refractivity contribution is 6.07. The minimum atomic E-state index is 0.0498. The Labute approximate surface area is 188 Å². The van der Waals surface area contributed by atoms with Crippen molar-refractivity contribution in [2.45, 2.75) is 20.8 Å². The van der Waals surface area contributed by atoms with Gasteiger partial charge in [0.1, 0.15) is 11.5 Å². The van der Waals surface area contributed by atoms with Gasteiger partial charge in [0, 0.05) is 37.3 Å². The van der Waals surface area contributed by atoms with Crippen LogP contribution in [0.2, 0.25) is 0 Å². The van der Waals surface area contributed by atoms with Crippen LogP contribution >= 0.6 is 0 Å². The Morgan fingerprint density at radius 1 is 0.906 bits per heavy atom. The lowest BCUT2D eigenvalue weighted by Gasteiger charge is -2.37. The van der Waals surface area contributed by atoms with Crippen LogP contribution in [0.25, 0.3) is 22.4 Å². The third kappa shape index (κ3) is 3.64. The predicted octanol–water partition coefficient (Wildman–Crippen LogP) is 5.38. The Bertz CT molecular complexity index is 1300. The maximum atomic E-state index is 13.6. The van der Waals surface area contributed by atoms with Crippen molar-refractivity contribution < 1.29 is 9.21 Å². The van der Waals surface area contributed by atoms with Crippen molar-refractivity contribution in [2.75, 3.05) is 31.1 Å². The number of carbonyl (C=O) groups is 1. The van der Waals surface area contributed by atoms with Crippen LogP contribution in [0.3, 0.4) is 0 Å². The number of fused-ring (bicyclic) bond motifs is 1. The van der Waals surface area contributed by atoms with E-state index < -0.39 is 0 Å². The molecule has 1 fully saturated rings. The molecular weight excluding hydrogens is 398 g/mol. The van der Waals surface area contributed by atoms with Gasteiger partial charge >= 0.3 is 0 Å². The molecule has 0 aliphatic carbocycles. The quantitative estimate of drug-likeness (QED) is 0.442. The fraction of sp³-hybridized carbons (Fsp3) is 0.259. The molecule has 1 aliphatic rings. The van der Waals surface area contributed by atoms with E-state index in [9.17, 15) is 4.79 Å². The molecule has 0 radical (unpaired) electrons. The van der Waals surface area contributed by atoms with Gasteiger partial charge in [0.05, 0.1) is 11.1 Å². The number of anilines is 1. The topological polar surface area (TPSA) is 49.6 Å². The largest absolute Gasteiger partial charge is 0.460 e. The molecule has 0 spiro atoms. The van der Waals surface area contributed by atoms with Crippen LogP contribution in [0.5, 0.6) is 0 Å². The highest BCUT2D eigenvalue weighted by Gasteiger charge is 2.25. The zero-order chi connectivity index (χ0) is 22.2. The molecule has 0 unspecified atom stereocenters. The van der Waals surface area contributed by atoms with Gasteiger partial charge in [-0.3, -0.25) is 4.79 Å². The summed E-state index contributed by atoms with van der Waals surface area (Å²) in [7, 11) is 0. The van der Waals surface area contributed by atoms with Crippen LogP contribution in [0.15, 0.2) is 65.1 Å². The fourth-order valence-corrected chi connectivity index (χ4v) is 4.45. The molecule has 0 N–H and O–H groups in total. The van der Waals surface area contributed by atoms with Gasteiger partial charge in [-0.15, -0.1) is 0 Å². The standard InChI is InChI=1S/C27H27N3O2/c1-18-7-6-10-25(20(18)3)29-13-15-30(16-14-29)27(31)22-17-24(26-12-11-19(2)32-26)28-23-9-5-4-8-21(22)23/h4-12,17H,13-16H2,1-3H3. The van der Waals surface area contributed by atoms with Crippen molar-refractivity contribution in [3.8, 4) is 11.5 Å². The second-order valence-corrected chi connectivity index (χ2v) is 8.48. The number of para-hydroxylation sites is 1. The second kappa shape index (κ2) is 8.15. The molecule has 1 saturated heterocycles. The third-order valence-corrected chi connectivity index (χ3v) is 6.42. The zero-order valence-electron chi connectivity index (χ0n) is 18.8. The first-order chi connectivity index (χ1) is 15.5. The second-order valence-electron chi connectivity index (χ2n) is 8.48. The first-order valence-electron chi connectivity index (χ1n) is 11.1. The summed E-state index contributed by atoms with van der Waals surface area (Å²) in [6.45, 7) is 9.25. The van der Waals surface area contributed by atoms with Crippen LogP contribution in [0, 0.1) is 20.8 Å². The van der Waals surface area contributed by atoms with Gasteiger partial charge in [-0.05, 0) is 62.2 Å². The number of benzene rings is 2. The molecular formula is C27H27N3O2. The van der Waals surface area contributed by atoms with Crippen LogP contribution < -0.4 is 4.90 Å². The van der Waals surface area contributed by atoms with E-state index in [2.05, 4.69) is 36.9 Å². The molecule has 0 bridgehead atoms. The number of aromatic nitrogens is 1. The molecule has 1 amide bonds. The number of rotatable bonds is 3. The molecule has 2 aromatic carbocycles. The molecule has 5 heteroatoms. The van der Waals surface area contributed by atoms with Crippen molar-refractivity contribution in [3.05, 3.63) is 83.1 Å². The highest BCUT2D eigenvalue weighted by atomic mass is 16.3. The summed E-state index contributed by atoms with van der Waals surface area (Å²) in [6, 6.07) is 19.9. The number of nitrogens with zero attached hydrogens (tertiary/aromatic N) is 3. The average molecular weight is 426 g/mol. The van der Waals surface area contributed by atoms with Gasteiger partial charge in [-0.25, -0.2) is 4.98 Å². The number of carbonyl (C=O) groups excluding carboxylic acids is 1. The van der Waals surface area contributed by atoms with Crippen molar-refractivity contribution in [2.24, 2.45) is 0 Å². The van der Waals surface area contributed by atoms with E-state index in [1.807, 2.05) is 54.3 Å². The van der Waals surface area contributed by atoms with Crippen LogP contribution in [0.1, 0.15) is 27.2 Å². The summed E-state index contributed by atoms with van der Waals surface area (Å²) in [4.78, 5) is 22.7. The fourth-order valence-electron chi connectivity index (χ4n) is 4.45. The first-order valence-corrected chi connectivity index (χ1v) is 11.1. The van der Waals surface area contributed by atoms with Gasteiger partial charge in [0.25, 0.3) is 5.91 Å². The lowest BCUT2D eigenvalue weighted by molar-refractivity contribution is 0.0748. The normalized spacial score (nSPS) is 14.2. The van der Waals surface area contributed by atoms with E-state index in [1.165, 1.54) is 16.8 Å². The third-order valence-electron chi connectivity index (χ3n) is 6.42. The maximum absolute atomic E-state index is 13.6. The van der Waals surface area contributed by atoms with Crippen LogP contribution in [-0.4, -0.2) is 42.0 Å². The summed E-state index contributed by atoms with van der Waals surface area (Å²) < 4.78 is 5.79. The van der Waals surface area contributed by atoms with E-state index in [0.717, 1.165) is 29.8 Å². The first kappa shape index (κ1) is 20.3. The summed E-state index contributed by atoms with van der Waals surface area (Å²) in [6.07, 6.45) is 0. The predicted molar refractivity (Wildman–Crippen MR) is 128 cm³/mol. The minimum Gasteiger partial charge on any atom is -0.460 e.